The van der Waals surface area contributed by atoms with Gasteiger partial charge >= 0.3 is 0 Å². The zero-order valence-corrected chi connectivity index (χ0v) is 8.76. The van der Waals surface area contributed by atoms with Crippen molar-refractivity contribution in [2.45, 2.75) is 26.4 Å². The van der Waals surface area contributed by atoms with Gasteiger partial charge in [-0.15, -0.1) is 0 Å². The molecular formula is C9H14FN3O. The van der Waals surface area contributed by atoms with E-state index >= 15 is 0 Å². The first-order valence-corrected chi connectivity index (χ1v) is 4.31. The van der Waals surface area contributed by atoms with Gasteiger partial charge in [-0.05, 0) is 20.8 Å². The predicted octanol–water partition coefficient (Wildman–Crippen LogP) is 1.42. The van der Waals surface area contributed by atoms with Gasteiger partial charge in [0.05, 0.1) is 0 Å². The van der Waals surface area contributed by atoms with Gasteiger partial charge in [0.2, 0.25) is 0 Å². The summed E-state index contributed by atoms with van der Waals surface area (Å²) in [5.41, 5.74) is -0.984. The number of amides is 1. The van der Waals surface area contributed by atoms with Crippen LogP contribution in [0.15, 0.2) is 6.07 Å². The van der Waals surface area contributed by atoms with Crippen LogP contribution in [0.2, 0.25) is 0 Å². The largest absolute Gasteiger partial charge is 0.306 e. The second-order valence-corrected chi connectivity index (χ2v) is 3.72. The van der Waals surface area contributed by atoms with E-state index in [1.54, 1.807) is 17.8 Å². The lowest BCUT2D eigenvalue weighted by atomic mass is 10.1. The molecule has 0 unspecified atom stereocenters. The minimum Gasteiger partial charge on any atom is -0.306 e. The normalized spacial score (nSPS) is 11.5. The number of aryl methyl sites for hydroxylation is 2. The molecule has 0 atom stereocenters. The molecule has 0 spiro atoms. The van der Waals surface area contributed by atoms with Gasteiger partial charge in [0.15, 0.2) is 11.5 Å². The molecule has 4 nitrogen and oxygen atoms in total. The van der Waals surface area contributed by atoms with E-state index in [2.05, 4.69) is 10.4 Å². The Morgan fingerprint density at radius 1 is 1.64 bits per heavy atom. The number of hydrogen-bond acceptors (Lipinski definition) is 2. The third-order valence-corrected chi connectivity index (χ3v) is 1.90. The molecule has 1 aromatic heterocycles. The van der Waals surface area contributed by atoms with E-state index in [9.17, 15) is 9.18 Å². The molecule has 1 amide bonds. The highest BCUT2D eigenvalue weighted by Gasteiger charge is 2.27. The van der Waals surface area contributed by atoms with Gasteiger partial charge in [0.25, 0.3) is 5.91 Å². The van der Waals surface area contributed by atoms with Gasteiger partial charge in [0, 0.05) is 18.8 Å². The van der Waals surface area contributed by atoms with E-state index in [4.69, 9.17) is 0 Å². The van der Waals surface area contributed by atoms with Crippen molar-refractivity contribution in [2.24, 2.45) is 7.05 Å². The van der Waals surface area contributed by atoms with Crippen molar-refractivity contribution in [1.82, 2.24) is 9.78 Å². The summed E-state index contributed by atoms with van der Waals surface area (Å²) in [6, 6.07) is 1.68. The van der Waals surface area contributed by atoms with Crippen molar-refractivity contribution in [2.75, 3.05) is 5.32 Å². The minimum atomic E-state index is -1.88. The van der Waals surface area contributed by atoms with E-state index < -0.39 is 11.6 Å². The van der Waals surface area contributed by atoms with E-state index in [-0.39, 0.29) is 0 Å². The van der Waals surface area contributed by atoms with Crippen molar-refractivity contribution < 1.29 is 9.18 Å². The van der Waals surface area contributed by atoms with Crippen LogP contribution in [-0.4, -0.2) is 21.4 Å². The highest BCUT2D eigenvalue weighted by atomic mass is 19.1. The topological polar surface area (TPSA) is 46.9 Å². The molecule has 0 aromatic carbocycles. The molecule has 1 rings (SSSR count). The zero-order chi connectivity index (χ0) is 10.9. The molecule has 0 aliphatic rings. The smallest absolute Gasteiger partial charge is 0.262 e. The minimum absolute atomic E-state index is 0.376. The molecule has 0 saturated heterocycles. The molecule has 1 aromatic rings. The predicted molar refractivity (Wildman–Crippen MR) is 51.8 cm³/mol. The van der Waals surface area contributed by atoms with Gasteiger partial charge in [-0.25, -0.2) is 4.39 Å². The van der Waals surface area contributed by atoms with Crippen LogP contribution in [0.1, 0.15) is 19.5 Å². The van der Waals surface area contributed by atoms with Gasteiger partial charge < -0.3 is 5.32 Å². The first kappa shape index (κ1) is 10.7. The number of carbonyl (C=O) groups is 1. The Bertz CT molecular complexity index is 332. The number of alkyl halides is 1. The van der Waals surface area contributed by atoms with Crippen molar-refractivity contribution >= 4 is 11.7 Å². The Morgan fingerprint density at radius 2 is 2.21 bits per heavy atom. The Kier molecular flexibility index (Phi) is 2.59. The summed E-state index contributed by atoms with van der Waals surface area (Å²) in [6.45, 7) is 4.26. The summed E-state index contributed by atoms with van der Waals surface area (Å²) in [5, 5.41) is 6.38. The van der Waals surface area contributed by atoms with Crippen LogP contribution < -0.4 is 5.32 Å². The van der Waals surface area contributed by atoms with Crippen molar-refractivity contribution in [3.8, 4) is 0 Å². The summed E-state index contributed by atoms with van der Waals surface area (Å²) in [6.07, 6.45) is 0. The first-order valence-electron chi connectivity index (χ1n) is 4.31. The van der Waals surface area contributed by atoms with Gasteiger partial charge in [-0.3, -0.25) is 9.48 Å². The number of nitrogens with zero attached hydrogens (tertiary/aromatic N) is 2. The Balaban J connectivity index is 2.75. The van der Waals surface area contributed by atoms with Crippen LogP contribution >= 0.6 is 0 Å². The second-order valence-electron chi connectivity index (χ2n) is 3.72. The van der Waals surface area contributed by atoms with Crippen molar-refractivity contribution in [1.29, 1.82) is 0 Å². The molecule has 0 aliphatic heterocycles. The Labute approximate surface area is 82.1 Å². The quantitative estimate of drug-likeness (QED) is 0.782. The lowest BCUT2D eigenvalue weighted by Crippen LogP contribution is -2.32. The fourth-order valence-corrected chi connectivity index (χ4v) is 0.887. The van der Waals surface area contributed by atoms with Crippen LogP contribution in [0.5, 0.6) is 0 Å². The molecule has 0 bridgehead atoms. The van der Waals surface area contributed by atoms with Crippen LogP contribution in [0.3, 0.4) is 0 Å². The number of carbonyl (C=O) groups excluding carboxylic acids is 1. The zero-order valence-electron chi connectivity index (χ0n) is 8.76. The monoisotopic (exact) mass is 199 g/mol. The number of anilines is 1. The fourth-order valence-electron chi connectivity index (χ4n) is 0.887. The molecule has 0 aliphatic carbocycles. The second kappa shape index (κ2) is 3.40. The number of rotatable bonds is 2. The molecular weight excluding hydrogens is 185 g/mol. The van der Waals surface area contributed by atoms with Crippen LogP contribution in [0.25, 0.3) is 0 Å². The molecule has 0 saturated carbocycles. The summed E-state index contributed by atoms with van der Waals surface area (Å²) < 4.78 is 14.7. The number of aromatic nitrogens is 2. The van der Waals surface area contributed by atoms with Crippen LogP contribution in [0, 0.1) is 6.92 Å². The third-order valence-electron chi connectivity index (χ3n) is 1.90. The lowest BCUT2D eigenvalue weighted by Gasteiger charge is -2.11. The molecule has 1 N–H and O–H groups in total. The van der Waals surface area contributed by atoms with Crippen molar-refractivity contribution in [3.05, 3.63) is 11.8 Å². The lowest BCUT2D eigenvalue weighted by molar-refractivity contribution is -0.125. The Hall–Kier alpha value is -1.39. The maximum absolute atomic E-state index is 13.1. The van der Waals surface area contributed by atoms with E-state index in [0.717, 1.165) is 5.69 Å². The van der Waals surface area contributed by atoms with Crippen molar-refractivity contribution in [3.63, 3.8) is 0 Å². The van der Waals surface area contributed by atoms with E-state index in [1.165, 1.54) is 13.8 Å². The first-order chi connectivity index (χ1) is 6.30. The van der Waals surface area contributed by atoms with E-state index in [1.807, 2.05) is 6.92 Å². The average Bonchev–Trinajstić information content (AvgIpc) is 2.29. The number of nitrogens with one attached hydrogen (secondary N) is 1. The average molecular weight is 199 g/mol. The van der Waals surface area contributed by atoms with Crippen LogP contribution in [-0.2, 0) is 11.8 Å². The molecule has 0 radical (unpaired) electrons. The summed E-state index contributed by atoms with van der Waals surface area (Å²) in [5.74, 6) is -0.309. The summed E-state index contributed by atoms with van der Waals surface area (Å²) in [7, 11) is 1.76. The fraction of sp³-hybridized carbons (Fsp3) is 0.556. The maximum atomic E-state index is 13.1. The Morgan fingerprint density at radius 3 is 2.57 bits per heavy atom. The van der Waals surface area contributed by atoms with Gasteiger partial charge in [0.1, 0.15) is 0 Å². The summed E-state index contributed by atoms with van der Waals surface area (Å²) in [4.78, 5) is 11.2. The standard InChI is InChI=1S/C9H14FN3O/c1-6-5-7(12-13(6)4)11-8(14)9(2,3)10/h5H,1-4H3,(H,11,12,14). The third kappa shape index (κ3) is 2.31. The molecule has 78 valence electrons. The maximum Gasteiger partial charge on any atom is 0.262 e. The van der Waals surface area contributed by atoms with Gasteiger partial charge in [-0.1, -0.05) is 0 Å². The van der Waals surface area contributed by atoms with Crippen LogP contribution in [0.4, 0.5) is 10.2 Å². The molecule has 0 fully saturated rings. The number of hydrogen-bond donors (Lipinski definition) is 1. The highest BCUT2D eigenvalue weighted by molar-refractivity contribution is 5.95. The molecule has 14 heavy (non-hydrogen) atoms. The van der Waals surface area contributed by atoms with E-state index in [0.29, 0.717) is 5.82 Å². The molecule has 1 heterocycles. The van der Waals surface area contributed by atoms with Gasteiger partial charge in [-0.2, -0.15) is 5.10 Å². The number of halogens is 1. The highest BCUT2D eigenvalue weighted by Crippen LogP contribution is 2.13. The SMILES string of the molecule is Cc1cc(NC(=O)C(C)(C)F)nn1C. The molecule has 5 heteroatoms. The summed E-state index contributed by atoms with van der Waals surface area (Å²) >= 11 is 0.